The van der Waals surface area contributed by atoms with Crippen LogP contribution in [-0.2, 0) is 19.1 Å². The number of carbonyl (C=O) groups is 4. The van der Waals surface area contributed by atoms with Crippen molar-refractivity contribution in [1.29, 1.82) is 0 Å². The van der Waals surface area contributed by atoms with Crippen LogP contribution in [0.2, 0.25) is 0 Å². The molecule has 0 saturated carbocycles. The zero-order chi connectivity index (χ0) is 24.9. The Balaban J connectivity index is 1.41. The van der Waals surface area contributed by atoms with Crippen molar-refractivity contribution in [3.63, 3.8) is 0 Å². The first-order valence-corrected chi connectivity index (χ1v) is 11.8. The Hall–Kier alpha value is -3.88. The van der Waals surface area contributed by atoms with Crippen LogP contribution >= 0.6 is 0 Å². The van der Waals surface area contributed by atoms with E-state index in [0.717, 1.165) is 28.7 Å². The fourth-order valence-electron chi connectivity index (χ4n) is 4.73. The summed E-state index contributed by atoms with van der Waals surface area (Å²) in [5.41, 5.74) is 4.38. The summed E-state index contributed by atoms with van der Waals surface area (Å²) in [5.74, 6) is -3.52. The molecule has 2 aromatic rings. The van der Waals surface area contributed by atoms with E-state index >= 15 is 0 Å². The van der Waals surface area contributed by atoms with Crippen molar-refractivity contribution < 1.29 is 29.0 Å². The summed E-state index contributed by atoms with van der Waals surface area (Å²) in [4.78, 5) is 49.0. The molecule has 2 aliphatic rings. The maximum atomic E-state index is 12.9. The van der Waals surface area contributed by atoms with Crippen LogP contribution in [0.4, 0.5) is 4.79 Å². The average molecular weight is 480 g/mol. The highest BCUT2D eigenvalue weighted by Crippen LogP contribution is 2.44. The molecule has 2 aromatic carbocycles. The van der Waals surface area contributed by atoms with Gasteiger partial charge in [0, 0.05) is 12.5 Å². The number of ether oxygens (including phenoxy) is 1. The van der Waals surface area contributed by atoms with Gasteiger partial charge >= 0.3 is 12.1 Å². The van der Waals surface area contributed by atoms with Gasteiger partial charge in [0.2, 0.25) is 11.8 Å². The number of carboxylic acid groups (broad SMARTS) is 1. The second-order valence-electron chi connectivity index (χ2n) is 8.84. The lowest BCUT2D eigenvalue weighted by Crippen LogP contribution is -2.53. The maximum Gasteiger partial charge on any atom is 0.407 e. The van der Waals surface area contributed by atoms with Crippen molar-refractivity contribution in [3.05, 3.63) is 59.7 Å². The standard InChI is InChI=1S/C26H29N3O6/c1-2-3-12-21(23(30)29-22-19(25(32)33)13-27-24(22)31)28-26(34)35-14-20-17-10-6-4-8-15(17)16-9-5-7-11-18(16)20/h4-11,19-22H,2-3,12-14H2,1H3,(H,27,31)(H,28,34)(H,29,30)(H,32,33)/t19?,21-,22?/m0/s1. The van der Waals surface area contributed by atoms with Gasteiger partial charge in [-0.25, -0.2) is 4.79 Å². The third-order valence-electron chi connectivity index (χ3n) is 6.59. The second-order valence-corrected chi connectivity index (χ2v) is 8.84. The summed E-state index contributed by atoms with van der Waals surface area (Å²) in [7, 11) is 0. The van der Waals surface area contributed by atoms with E-state index < -0.39 is 41.9 Å². The van der Waals surface area contributed by atoms with E-state index in [1.807, 2.05) is 55.5 Å². The summed E-state index contributed by atoms with van der Waals surface area (Å²) >= 11 is 0. The van der Waals surface area contributed by atoms with Crippen molar-refractivity contribution in [2.24, 2.45) is 5.92 Å². The molecule has 1 fully saturated rings. The van der Waals surface area contributed by atoms with Crippen LogP contribution in [-0.4, -0.2) is 54.2 Å². The lowest BCUT2D eigenvalue weighted by atomic mass is 9.98. The molecule has 1 saturated heterocycles. The van der Waals surface area contributed by atoms with Gasteiger partial charge in [-0.2, -0.15) is 0 Å². The highest BCUT2D eigenvalue weighted by Gasteiger charge is 2.41. The van der Waals surface area contributed by atoms with E-state index in [4.69, 9.17) is 4.74 Å². The van der Waals surface area contributed by atoms with Gasteiger partial charge in [-0.1, -0.05) is 68.3 Å². The number of hydrogen-bond donors (Lipinski definition) is 4. The fraction of sp³-hybridized carbons (Fsp3) is 0.385. The van der Waals surface area contributed by atoms with Gasteiger partial charge in [0.1, 0.15) is 24.6 Å². The van der Waals surface area contributed by atoms with Gasteiger partial charge in [0.15, 0.2) is 0 Å². The summed E-state index contributed by atoms with van der Waals surface area (Å²) < 4.78 is 5.55. The smallest absolute Gasteiger partial charge is 0.407 e. The van der Waals surface area contributed by atoms with E-state index in [9.17, 15) is 24.3 Å². The molecule has 1 aliphatic carbocycles. The van der Waals surface area contributed by atoms with Crippen molar-refractivity contribution >= 4 is 23.9 Å². The van der Waals surface area contributed by atoms with Crippen LogP contribution in [0.15, 0.2) is 48.5 Å². The molecule has 0 aromatic heterocycles. The van der Waals surface area contributed by atoms with Gasteiger partial charge in [0.25, 0.3) is 0 Å². The van der Waals surface area contributed by atoms with Gasteiger partial charge < -0.3 is 25.8 Å². The summed E-state index contributed by atoms with van der Waals surface area (Å²) in [6, 6.07) is 13.8. The summed E-state index contributed by atoms with van der Waals surface area (Å²) in [6.45, 7) is 2.00. The molecule has 3 atom stereocenters. The number of benzene rings is 2. The van der Waals surface area contributed by atoms with Gasteiger partial charge in [-0.15, -0.1) is 0 Å². The Morgan fingerprint density at radius 3 is 2.31 bits per heavy atom. The van der Waals surface area contributed by atoms with Crippen LogP contribution < -0.4 is 16.0 Å². The SMILES string of the molecule is CCCC[C@H](NC(=O)OCC1c2ccccc2-c2ccccc21)C(=O)NC1C(=O)NCC1C(=O)O. The van der Waals surface area contributed by atoms with Gasteiger partial charge in [-0.3, -0.25) is 14.4 Å². The Morgan fingerprint density at radius 2 is 1.71 bits per heavy atom. The van der Waals surface area contributed by atoms with Crippen molar-refractivity contribution in [3.8, 4) is 11.1 Å². The lowest BCUT2D eigenvalue weighted by molar-refractivity contribution is -0.143. The number of fused-ring (bicyclic) bond motifs is 3. The molecular formula is C26H29N3O6. The van der Waals surface area contributed by atoms with Crippen molar-refractivity contribution in [1.82, 2.24) is 16.0 Å². The van der Waals surface area contributed by atoms with Crippen LogP contribution in [0.25, 0.3) is 11.1 Å². The van der Waals surface area contributed by atoms with E-state index in [1.165, 1.54) is 0 Å². The number of nitrogens with one attached hydrogen (secondary N) is 3. The van der Waals surface area contributed by atoms with E-state index in [0.29, 0.717) is 12.8 Å². The highest BCUT2D eigenvalue weighted by molar-refractivity contribution is 5.96. The van der Waals surface area contributed by atoms with Crippen LogP contribution in [0.5, 0.6) is 0 Å². The molecule has 0 radical (unpaired) electrons. The highest BCUT2D eigenvalue weighted by atomic mass is 16.5. The lowest BCUT2D eigenvalue weighted by Gasteiger charge is -2.22. The van der Waals surface area contributed by atoms with Crippen molar-refractivity contribution in [2.75, 3.05) is 13.2 Å². The molecular weight excluding hydrogens is 450 g/mol. The Bertz CT molecular complexity index is 1090. The molecule has 4 N–H and O–H groups in total. The van der Waals surface area contributed by atoms with Crippen LogP contribution in [0.3, 0.4) is 0 Å². The van der Waals surface area contributed by atoms with Crippen LogP contribution in [0.1, 0.15) is 43.2 Å². The first-order valence-electron chi connectivity index (χ1n) is 11.8. The third kappa shape index (κ3) is 5.13. The Labute approximate surface area is 203 Å². The number of hydrogen-bond acceptors (Lipinski definition) is 5. The monoisotopic (exact) mass is 479 g/mol. The molecule has 2 unspecified atom stereocenters. The largest absolute Gasteiger partial charge is 0.481 e. The van der Waals surface area contributed by atoms with Crippen molar-refractivity contribution in [2.45, 2.75) is 44.2 Å². The van der Waals surface area contributed by atoms with E-state index in [-0.39, 0.29) is 19.1 Å². The minimum absolute atomic E-state index is 0.0570. The number of rotatable bonds is 9. The first-order chi connectivity index (χ1) is 16.9. The minimum atomic E-state index is -1.19. The van der Waals surface area contributed by atoms with Gasteiger partial charge in [-0.05, 0) is 28.7 Å². The summed E-state index contributed by atoms with van der Waals surface area (Å²) in [6.07, 6.45) is 1.03. The zero-order valence-electron chi connectivity index (χ0n) is 19.5. The Kier molecular flexibility index (Phi) is 7.33. The molecule has 9 nitrogen and oxygen atoms in total. The minimum Gasteiger partial charge on any atom is -0.481 e. The maximum absolute atomic E-state index is 12.9. The van der Waals surface area contributed by atoms with Gasteiger partial charge in [0.05, 0.1) is 0 Å². The number of amides is 3. The molecule has 9 heteroatoms. The van der Waals surface area contributed by atoms with Crippen LogP contribution in [0, 0.1) is 5.92 Å². The molecule has 0 bridgehead atoms. The predicted molar refractivity (Wildman–Crippen MR) is 128 cm³/mol. The molecule has 3 amide bonds. The molecule has 184 valence electrons. The zero-order valence-corrected chi connectivity index (χ0v) is 19.5. The first kappa shape index (κ1) is 24.3. The number of alkyl carbamates (subject to hydrolysis) is 1. The van der Waals surface area contributed by atoms with E-state index in [2.05, 4.69) is 16.0 Å². The number of aliphatic carboxylic acids is 1. The normalized spacial score (nSPS) is 19.3. The number of carboxylic acids is 1. The average Bonchev–Trinajstić information content (AvgIpc) is 3.38. The third-order valence-corrected chi connectivity index (χ3v) is 6.59. The van der Waals surface area contributed by atoms with E-state index in [1.54, 1.807) is 0 Å². The molecule has 35 heavy (non-hydrogen) atoms. The quantitative estimate of drug-likeness (QED) is 0.436. The molecule has 4 rings (SSSR count). The second kappa shape index (κ2) is 10.6. The fourth-order valence-corrected chi connectivity index (χ4v) is 4.73. The Morgan fingerprint density at radius 1 is 1.09 bits per heavy atom. The molecule has 0 spiro atoms. The number of carbonyl (C=O) groups excluding carboxylic acids is 3. The predicted octanol–water partition coefficient (Wildman–Crippen LogP) is 2.40. The topological polar surface area (TPSA) is 134 Å². The summed E-state index contributed by atoms with van der Waals surface area (Å²) in [5, 5.41) is 16.9. The molecule has 1 heterocycles. The molecule has 1 aliphatic heterocycles. The number of unbranched alkanes of at least 4 members (excludes halogenated alkanes) is 1.